The molecule has 1 fully saturated rings. The van der Waals surface area contributed by atoms with Crippen LogP contribution in [0.15, 0.2) is 42.6 Å². The molecule has 23 heavy (non-hydrogen) atoms. The van der Waals surface area contributed by atoms with Gasteiger partial charge in [-0.2, -0.15) is 0 Å². The molecule has 3 rings (SSSR count). The Balaban J connectivity index is 1.51. The van der Waals surface area contributed by atoms with E-state index in [2.05, 4.69) is 15.2 Å². The number of nitrogens with one attached hydrogen (secondary N) is 1. The normalized spacial score (nSPS) is 14.0. The molecule has 1 N–H and O–H groups in total. The van der Waals surface area contributed by atoms with Crippen LogP contribution in [0.25, 0.3) is 0 Å². The van der Waals surface area contributed by atoms with Gasteiger partial charge in [-0.3, -0.25) is 4.79 Å². The quantitative estimate of drug-likeness (QED) is 0.920. The fraction of sp³-hybridized carbons (Fsp3) is 0.333. The molecule has 1 saturated heterocycles. The number of benzene rings is 1. The molecule has 0 spiro atoms. The van der Waals surface area contributed by atoms with Gasteiger partial charge < -0.3 is 10.2 Å². The number of aryl methyl sites for hydroxylation is 1. The number of hydrogen-bond acceptors (Lipinski definition) is 3. The predicted molar refractivity (Wildman–Crippen MR) is 89.0 cm³/mol. The number of hydrogen-bond donors (Lipinski definition) is 1. The first-order chi connectivity index (χ1) is 11.2. The maximum atomic E-state index is 13.1. The molecule has 0 saturated carbocycles. The molecule has 4 nitrogen and oxygen atoms in total. The highest BCUT2D eigenvalue weighted by atomic mass is 19.1. The van der Waals surface area contributed by atoms with Crippen molar-refractivity contribution in [1.82, 2.24) is 4.98 Å². The maximum absolute atomic E-state index is 13.1. The van der Waals surface area contributed by atoms with Gasteiger partial charge in [0.25, 0.3) is 0 Å². The topological polar surface area (TPSA) is 45.2 Å². The lowest BCUT2D eigenvalue weighted by Crippen LogP contribution is -2.19. The number of pyridine rings is 1. The zero-order valence-corrected chi connectivity index (χ0v) is 13.0. The van der Waals surface area contributed by atoms with Crippen molar-refractivity contribution in [3.05, 3.63) is 54.0 Å². The number of carbonyl (C=O) groups is 1. The average Bonchev–Trinajstić information content (AvgIpc) is 3.08. The van der Waals surface area contributed by atoms with E-state index in [1.165, 1.54) is 25.0 Å². The fourth-order valence-electron chi connectivity index (χ4n) is 2.77. The summed E-state index contributed by atoms with van der Waals surface area (Å²) in [5.41, 5.74) is 1.51. The van der Waals surface area contributed by atoms with E-state index in [1.807, 2.05) is 18.2 Å². The van der Waals surface area contributed by atoms with Crippen LogP contribution in [0, 0.1) is 5.82 Å². The molecule has 0 aliphatic carbocycles. The summed E-state index contributed by atoms with van der Waals surface area (Å²) in [7, 11) is 0. The molecule has 1 amide bonds. The van der Waals surface area contributed by atoms with Crippen LogP contribution in [0.3, 0.4) is 0 Å². The van der Waals surface area contributed by atoms with E-state index in [0.717, 1.165) is 24.5 Å². The largest absolute Gasteiger partial charge is 0.357 e. The summed E-state index contributed by atoms with van der Waals surface area (Å²) in [6.45, 7) is 2.10. The summed E-state index contributed by atoms with van der Waals surface area (Å²) in [4.78, 5) is 18.6. The first kappa shape index (κ1) is 15.5. The van der Waals surface area contributed by atoms with E-state index >= 15 is 0 Å². The van der Waals surface area contributed by atoms with Crippen LogP contribution in [0.5, 0.6) is 0 Å². The number of halogens is 1. The summed E-state index contributed by atoms with van der Waals surface area (Å²) in [5, 5.41) is 2.83. The van der Waals surface area contributed by atoms with Gasteiger partial charge in [-0.1, -0.05) is 12.1 Å². The monoisotopic (exact) mass is 313 g/mol. The van der Waals surface area contributed by atoms with Gasteiger partial charge >= 0.3 is 0 Å². The van der Waals surface area contributed by atoms with Gasteiger partial charge in [0.05, 0.1) is 11.9 Å². The lowest BCUT2D eigenvalue weighted by atomic mass is 10.1. The van der Waals surface area contributed by atoms with Crippen molar-refractivity contribution in [1.29, 1.82) is 0 Å². The molecule has 2 aromatic rings. The van der Waals surface area contributed by atoms with Gasteiger partial charge in [-0.25, -0.2) is 9.37 Å². The average molecular weight is 313 g/mol. The Bertz CT molecular complexity index is 666. The molecular weight excluding hydrogens is 293 g/mol. The van der Waals surface area contributed by atoms with Crippen LogP contribution in [0.2, 0.25) is 0 Å². The molecule has 1 aliphatic rings. The highest BCUT2D eigenvalue weighted by Gasteiger charge is 2.13. The molecule has 0 radical (unpaired) electrons. The molecule has 1 aromatic heterocycles. The molecular formula is C18H20FN3O. The van der Waals surface area contributed by atoms with Crippen LogP contribution in [-0.4, -0.2) is 24.0 Å². The summed E-state index contributed by atoms with van der Waals surface area (Å²) in [5.74, 6) is 0.592. The van der Waals surface area contributed by atoms with Crippen LogP contribution < -0.4 is 10.2 Å². The van der Waals surface area contributed by atoms with Crippen molar-refractivity contribution in [2.75, 3.05) is 23.3 Å². The van der Waals surface area contributed by atoms with Gasteiger partial charge in [0, 0.05) is 19.5 Å². The minimum absolute atomic E-state index is 0.0926. The number of aromatic nitrogens is 1. The molecule has 1 aromatic carbocycles. The van der Waals surface area contributed by atoms with Crippen molar-refractivity contribution < 1.29 is 9.18 Å². The molecule has 5 heteroatoms. The standard InChI is InChI=1S/C18H20FN3O/c19-15-5-3-4-14(12-15)6-9-18(23)21-16-7-8-17(20-13-16)22-10-1-2-11-22/h3-5,7-8,12-13H,1-2,6,9-11H2,(H,21,23). The van der Waals surface area contributed by atoms with E-state index in [0.29, 0.717) is 18.5 Å². The summed E-state index contributed by atoms with van der Waals surface area (Å²) in [6, 6.07) is 10.2. The van der Waals surface area contributed by atoms with E-state index in [1.54, 1.807) is 12.3 Å². The maximum Gasteiger partial charge on any atom is 0.224 e. The molecule has 0 unspecified atom stereocenters. The van der Waals surface area contributed by atoms with Crippen LogP contribution in [0.1, 0.15) is 24.8 Å². The molecule has 0 bridgehead atoms. The number of carbonyl (C=O) groups excluding carboxylic acids is 1. The van der Waals surface area contributed by atoms with E-state index in [-0.39, 0.29) is 11.7 Å². The first-order valence-corrected chi connectivity index (χ1v) is 7.96. The molecule has 2 heterocycles. The second-order valence-corrected chi connectivity index (χ2v) is 5.78. The number of nitrogens with zero attached hydrogens (tertiary/aromatic N) is 2. The third-order valence-corrected chi connectivity index (χ3v) is 3.99. The zero-order chi connectivity index (χ0) is 16.1. The summed E-state index contributed by atoms with van der Waals surface area (Å²) >= 11 is 0. The van der Waals surface area contributed by atoms with Crippen LogP contribution >= 0.6 is 0 Å². The minimum Gasteiger partial charge on any atom is -0.357 e. The van der Waals surface area contributed by atoms with E-state index < -0.39 is 0 Å². The highest BCUT2D eigenvalue weighted by Crippen LogP contribution is 2.19. The molecule has 120 valence electrons. The molecule has 1 aliphatic heterocycles. The third kappa shape index (κ3) is 4.28. The summed E-state index contributed by atoms with van der Waals surface area (Å²) in [6.07, 6.45) is 4.94. The minimum atomic E-state index is -0.274. The van der Waals surface area contributed by atoms with Crippen molar-refractivity contribution in [2.24, 2.45) is 0 Å². The Labute approximate surface area is 135 Å². The summed E-state index contributed by atoms with van der Waals surface area (Å²) < 4.78 is 13.1. The van der Waals surface area contributed by atoms with E-state index in [9.17, 15) is 9.18 Å². The van der Waals surface area contributed by atoms with Gasteiger partial charge in [0.1, 0.15) is 11.6 Å². The van der Waals surface area contributed by atoms with Crippen molar-refractivity contribution in [3.8, 4) is 0 Å². The second kappa shape index (κ2) is 7.22. The Hall–Kier alpha value is -2.43. The highest BCUT2D eigenvalue weighted by molar-refractivity contribution is 5.90. The number of anilines is 2. The number of rotatable bonds is 5. The number of amides is 1. The first-order valence-electron chi connectivity index (χ1n) is 7.96. The Kier molecular flexibility index (Phi) is 4.86. The van der Waals surface area contributed by atoms with Gasteiger partial charge in [0.15, 0.2) is 0 Å². The van der Waals surface area contributed by atoms with Crippen LogP contribution in [-0.2, 0) is 11.2 Å². The van der Waals surface area contributed by atoms with Crippen molar-refractivity contribution in [2.45, 2.75) is 25.7 Å². The Morgan fingerprint density at radius 3 is 2.74 bits per heavy atom. The Morgan fingerprint density at radius 2 is 2.04 bits per heavy atom. The fourth-order valence-corrected chi connectivity index (χ4v) is 2.77. The van der Waals surface area contributed by atoms with Crippen molar-refractivity contribution >= 4 is 17.4 Å². The SMILES string of the molecule is O=C(CCc1cccc(F)c1)Nc1ccc(N2CCCC2)nc1. The molecule has 0 atom stereocenters. The van der Waals surface area contributed by atoms with Gasteiger partial charge in [-0.15, -0.1) is 0 Å². The zero-order valence-electron chi connectivity index (χ0n) is 13.0. The van der Waals surface area contributed by atoms with Gasteiger partial charge in [-0.05, 0) is 49.1 Å². The lowest BCUT2D eigenvalue weighted by Gasteiger charge is -2.16. The lowest BCUT2D eigenvalue weighted by molar-refractivity contribution is -0.116. The second-order valence-electron chi connectivity index (χ2n) is 5.78. The van der Waals surface area contributed by atoms with Crippen LogP contribution in [0.4, 0.5) is 15.9 Å². The van der Waals surface area contributed by atoms with E-state index in [4.69, 9.17) is 0 Å². The Morgan fingerprint density at radius 1 is 1.22 bits per heavy atom. The predicted octanol–water partition coefficient (Wildman–Crippen LogP) is 3.39. The van der Waals surface area contributed by atoms with Gasteiger partial charge in [0.2, 0.25) is 5.91 Å². The third-order valence-electron chi connectivity index (χ3n) is 3.99. The van der Waals surface area contributed by atoms with Crippen molar-refractivity contribution in [3.63, 3.8) is 0 Å². The smallest absolute Gasteiger partial charge is 0.224 e.